The van der Waals surface area contributed by atoms with Crippen LogP contribution in [0.25, 0.3) is 0 Å². The van der Waals surface area contributed by atoms with Crippen LogP contribution in [0.4, 0.5) is 0 Å². The number of pyridine rings is 1. The van der Waals surface area contributed by atoms with Gasteiger partial charge in [0.2, 0.25) is 11.8 Å². The highest BCUT2D eigenvalue weighted by Crippen LogP contribution is 2.28. The lowest BCUT2D eigenvalue weighted by Crippen LogP contribution is -2.47. The molecule has 1 fully saturated rings. The summed E-state index contributed by atoms with van der Waals surface area (Å²) in [5, 5.41) is 6.22. The largest absolute Gasteiger partial charge is 0.489 e. The van der Waals surface area contributed by atoms with Crippen molar-refractivity contribution in [3.63, 3.8) is 0 Å². The van der Waals surface area contributed by atoms with E-state index in [1.807, 2.05) is 53.4 Å². The summed E-state index contributed by atoms with van der Waals surface area (Å²) in [6.07, 6.45) is 7.09. The Morgan fingerprint density at radius 2 is 2.06 bits per heavy atom. The first kappa shape index (κ1) is 22.0. The molecule has 3 heterocycles. The molecule has 32 heavy (non-hydrogen) atoms. The molecule has 0 saturated carbocycles. The van der Waals surface area contributed by atoms with E-state index < -0.39 is 0 Å². The Morgan fingerprint density at radius 1 is 1.19 bits per heavy atom. The van der Waals surface area contributed by atoms with E-state index in [9.17, 15) is 9.59 Å². The number of hydrogen-bond acceptors (Lipinski definition) is 5. The van der Waals surface area contributed by atoms with E-state index in [1.54, 1.807) is 6.20 Å². The molecule has 0 aliphatic carbocycles. The van der Waals surface area contributed by atoms with Crippen molar-refractivity contribution in [3.05, 3.63) is 72.1 Å². The van der Waals surface area contributed by atoms with Crippen LogP contribution in [0.15, 0.2) is 60.8 Å². The van der Waals surface area contributed by atoms with Crippen molar-refractivity contribution in [2.24, 2.45) is 11.8 Å². The molecular weight excluding hydrogens is 404 g/mol. The van der Waals surface area contributed by atoms with Crippen molar-refractivity contribution in [2.75, 3.05) is 26.2 Å². The molecule has 2 atom stereocenters. The van der Waals surface area contributed by atoms with Crippen molar-refractivity contribution in [2.45, 2.75) is 25.9 Å². The highest BCUT2D eigenvalue weighted by molar-refractivity contribution is 5.79. The predicted octanol–water partition coefficient (Wildman–Crippen LogP) is 2.29. The van der Waals surface area contributed by atoms with Gasteiger partial charge in [-0.2, -0.15) is 0 Å². The molecule has 1 aromatic carbocycles. The van der Waals surface area contributed by atoms with Gasteiger partial charge in [-0.25, -0.2) is 0 Å². The summed E-state index contributed by atoms with van der Waals surface area (Å²) in [5.74, 6) is 1.24. The van der Waals surface area contributed by atoms with Crippen molar-refractivity contribution in [1.29, 1.82) is 0 Å². The van der Waals surface area contributed by atoms with Crippen molar-refractivity contribution in [1.82, 2.24) is 20.5 Å². The number of fused-ring (bicyclic) bond motifs is 3. The zero-order valence-corrected chi connectivity index (χ0v) is 18.2. The zero-order chi connectivity index (χ0) is 22.2. The second-order valence-corrected chi connectivity index (χ2v) is 8.30. The Bertz CT molecular complexity index is 947. The molecule has 1 saturated heterocycles. The van der Waals surface area contributed by atoms with Crippen LogP contribution in [-0.4, -0.2) is 47.9 Å². The molecule has 0 unspecified atom stereocenters. The van der Waals surface area contributed by atoms with E-state index in [-0.39, 0.29) is 23.7 Å². The molecule has 2 bridgehead atoms. The van der Waals surface area contributed by atoms with E-state index in [2.05, 4.69) is 21.7 Å². The van der Waals surface area contributed by atoms with Gasteiger partial charge in [-0.15, -0.1) is 0 Å². The lowest BCUT2D eigenvalue weighted by Gasteiger charge is -2.37. The maximum atomic E-state index is 12.7. The molecule has 1 aromatic heterocycles. The fraction of sp³-hybridized carbons (Fsp3) is 0.400. The summed E-state index contributed by atoms with van der Waals surface area (Å²) in [5.41, 5.74) is 1.88. The molecule has 7 nitrogen and oxygen atoms in total. The van der Waals surface area contributed by atoms with Gasteiger partial charge in [-0.1, -0.05) is 36.4 Å². The molecule has 2 aliphatic heterocycles. The van der Waals surface area contributed by atoms with Crippen molar-refractivity contribution in [3.8, 4) is 5.75 Å². The topological polar surface area (TPSA) is 83.6 Å². The molecule has 0 spiro atoms. The van der Waals surface area contributed by atoms with Crippen LogP contribution in [-0.2, 0) is 22.7 Å². The Kier molecular flexibility index (Phi) is 7.51. The maximum absolute atomic E-state index is 12.7. The minimum atomic E-state index is 0.0172. The third-order valence-corrected chi connectivity index (χ3v) is 6.08. The van der Waals surface area contributed by atoms with Crippen molar-refractivity contribution >= 4 is 11.8 Å². The number of amides is 2. The van der Waals surface area contributed by atoms with E-state index in [0.29, 0.717) is 45.8 Å². The summed E-state index contributed by atoms with van der Waals surface area (Å²) < 4.78 is 5.96. The lowest BCUT2D eigenvalue weighted by atomic mass is 9.82. The minimum Gasteiger partial charge on any atom is -0.489 e. The van der Waals surface area contributed by atoms with Gasteiger partial charge in [0.15, 0.2) is 0 Å². The van der Waals surface area contributed by atoms with Crippen LogP contribution in [0, 0.1) is 11.8 Å². The molecule has 4 rings (SSSR count). The second kappa shape index (κ2) is 10.9. The summed E-state index contributed by atoms with van der Waals surface area (Å²) in [7, 11) is 0. The van der Waals surface area contributed by atoms with Gasteiger partial charge in [0.25, 0.3) is 0 Å². The normalized spacial score (nSPS) is 22.4. The maximum Gasteiger partial charge on any atom is 0.236 e. The van der Waals surface area contributed by atoms with Crippen molar-refractivity contribution < 1.29 is 14.3 Å². The number of benzene rings is 1. The van der Waals surface area contributed by atoms with Crippen LogP contribution in [0.5, 0.6) is 5.75 Å². The standard InChI is InChI=1S/C25H30N4O3/c30-24(28-16-22-8-3-4-11-27-22)14-19-10-12-29-18-21(19)7-5-13-32-23-9-2-1-6-20(23)15-26-17-25(29)31/h1-9,11,19,21,26H,10,12-18H2,(H,28,30)/b7-5+/t19-,21-/m0/s1. The van der Waals surface area contributed by atoms with Gasteiger partial charge in [0.05, 0.1) is 18.8 Å². The smallest absolute Gasteiger partial charge is 0.236 e. The van der Waals surface area contributed by atoms with E-state index in [4.69, 9.17) is 4.74 Å². The molecule has 2 aliphatic rings. The number of carbonyl (C=O) groups excluding carboxylic acids is 2. The molecule has 0 radical (unpaired) electrons. The third-order valence-electron chi connectivity index (χ3n) is 6.08. The van der Waals surface area contributed by atoms with Gasteiger partial charge in [0, 0.05) is 37.8 Å². The SMILES string of the molecule is O=C(C[C@@H]1CCN2C[C@@H]1/C=C/COc1ccccc1CNCC2=O)NCc1ccccn1. The number of rotatable bonds is 4. The first-order valence-electron chi connectivity index (χ1n) is 11.2. The third kappa shape index (κ3) is 5.95. The minimum absolute atomic E-state index is 0.0172. The average molecular weight is 435 g/mol. The Hall–Kier alpha value is -3.19. The quantitative estimate of drug-likeness (QED) is 0.722. The van der Waals surface area contributed by atoms with Gasteiger partial charge < -0.3 is 20.3 Å². The van der Waals surface area contributed by atoms with Crippen LogP contribution < -0.4 is 15.4 Å². The summed E-state index contributed by atoms with van der Waals surface area (Å²) in [6.45, 7) is 3.07. The summed E-state index contributed by atoms with van der Waals surface area (Å²) in [4.78, 5) is 31.5. The van der Waals surface area contributed by atoms with Crippen LogP contribution in [0.2, 0.25) is 0 Å². The molecule has 2 N–H and O–H groups in total. The van der Waals surface area contributed by atoms with Crippen LogP contribution in [0.1, 0.15) is 24.1 Å². The number of ether oxygens (including phenoxy) is 1. The van der Waals surface area contributed by atoms with Gasteiger partial charge in [-0.3, -0.25) is 14.6 Å². The fourth-order valence-electron chi connectivity index (χ4n) is 4.31. The molecule has 7 heteroatoms. The number of nitrogens with one attached hydrogen (secondary N) is 2. The van der Waals surface area contributed by atoms with E-state index in [1.165, 1.54) is 0 Å². The zero-order valence-electron chi connectivity index (χ0n) is 18.2. The second-order valence-electron chi connectivity index (χ2n) is 8.30. The Labute approximate surface area is 188 Å². The number of nitrogens with zero attached hydrogens (tertiary/aromatic N) is 2. The number of aromatic nitrogens is 1. The van der Waals surface area contributed by atoms with Gasteiger partial charge in [-0.05, 0) is 36.5 Å². The Balaban J connectivity index is 1.40. The highest BCUT2D eigenvalue weighted by atomic mass is 16.5. The van der Waals surface area contributed by atoms with E-state index in [0.717, 1.165) is 23.4 Å². The first-order valence-corrected chi connectivity index (χ1v) is 11.2. The first-order chi connectivity index (χ1) is 15.7. The monoisotopic (exact) mass is 434 g/mol. The molecular formula is C25H30N4O3. The Morgan fingerprint density at radius 3 is 2.94 bits per heavy atom. The van der Waals surface area contributed by atoms with Gasteiger partial charge >= 0.3 is 0 Å². The predicted molar refractivity (Wildman–Crippen MR) is 122 cm³/mol. The summed E-state index contributed by atoms with van der Waals surface area (Å²) in [6, 6.07) is 13.5. The summed E-state index contributed by atoms with van der Waals surface area (Å²) >= 11 is 0. The fourth-order valence-corrected chi connectivity index (χ4v) is 4.31. The molecule has 2 aromatic rings. The highest BCUT2D eigenvalue weighted by Gasteiger charge is 2.31. The number of carbonyl (C=O) groups is 2. The number of para-hydroxylation sites is 1. The van der Waals surface area contributed by atoms with E-state index >= 15 is 0 Å². The van der Waals surface area contributed by atoms with Crippen LogP contribution >= 0.6 is 0 Å². The molecule has 168 valence electrons. The number of piperidine rings is 1. The van der Waals surface area contributed by atoms with Gasteiger partial charge in [0.1, 0.15) is 12.4 Å². The number of hydrogen-bond donors (Lipinski definition) is 2. The molecule has 2 amide bonds. The van der Waals surface area contributed by atoms with Crippen LogP contribution in [0.3, 0.4) is 0 Å². The lowest BCUT2D eigenvalue weighted by molar-refractivity contribution is -0.132. The average Bonchev–Trinajstić information content (AvgIpc) is 2.83.